The zero-order valence-corrected chi connectivity index (χ0v) is 15.1. The van der Waals surface area contributed by atoms with E-state index in [2.05, 4.69) is 10.0 Å². The second kappa shape index (κ2) is 8.42. The number of hydrogen-bond acceptors (Lipinski definition) is 3. The number of aryl methyl sites for hydroxylation is 1. The highest BCUT2D eigenvalue weighted by atomic mass is 35.5. The molecule has 0 aliphatic rings. The lowest BCUT2D eigenvalue weighted by molar-refractivity contribution is -0.119. The molecule has 0 aliphatic carbocycles. The molecular formula is C17H18ClFN2O3S. The topological polar surface area (TPSA) is 75.3 Å². The van der Waals surface area contributed by atoms with Gasteiger partial charge in [-0.25, -0.2) is 17.5 Å². The molecule has 0 aliphatic heterocycles. The third kappa shape index (κ3) is 5.81. The Morgan fingerprint density at radius 2 is 1.96 bits per heavy atom. The van der Waals surface area contributed by atoms with E-state index in [0.29, 0.717) is 18.0 Å². The molecule has 2 aromatic carbocycles. The first-order valence-corrected chi connectivity index (χ1v) is 9.41. The Morgan fingerprint density at radius 1 is 1.20 bits per heavy atom. The van der Waals surface area contributed by atoms with E-state index in [1.54, 1.807) is 12.1 Å². The lowest BCUT2D eigenvalue weighted by atomic mass is 10.1. The van der Waals surface area contributed by atoms with Crippen molar-refractivity contribution in [2.24, 2.45) is 0 Å². The molecule has 8 heteroatoms. The van der Waals surface area contributed by atoms with Crippen LogP contribution in [0.3, 0.4) is 0 Å². The van der Waals surface area contributed by atoms with Gasteiger partial charge in [-0.05, 0) is 54.8 Å². The van der Waals surface area contributed by atoms with Crippen molar-refractivity contribution in [3.8, 4) is 0 Å². The molecule has 0 spiro atoms. The summed E-state index contributed by atoms with van der Waals surface area (Å²) in [7, 11) is -3.88. The molecule has 2 aromatic rings. The van der Waals surface area contributed by atoms with Gasteiger partial charge >= 0.3 is 0 Å². The second-order valence-corrected chi connectivity index (χ2v) is 7.64. The van der Waals surface area contributed by atoms with E-state index in [4.69, 9.17) is 11.6 Å². The standard InChI is InChI=1S/C17H18ClFN2O3S/c1-12-9-15(19)5-6-16(12)25(23,24)21-11-17(22)20-8-7-13-3-2-4-14(18)10-13/h2-6,9-10,21H,7-8,11H2,1H3,(H,20,22). The van der Waals surface area contributed by atoms with Gasteiger partial charge in [-0.15, -0.1) is 0 Å². The number of carbonyl (C=O) groups excluding carboxylic acids is 1. The minimum atomic E-state index is -3.88. The van der Waals surface area contributed by atoms with Gasteiger partial charge in [0, 0.05) is 11.6 Å². The van der Waals surface area contributed by atoms with Crippen LogP contribution < -0.4 is 10.0 Å². The van der Waals surface area contributed by atoms with Crippen LogP contribution in [0, 0.1) is 12.7 Å². The van der Waals surface area contributed by atoms with E-state index in [-0.39, 0.29) is 10.5 Å². The fraction of sp³-hybridized carbons (Fsp3) is 0.235. The third-order valence-electron chi connectivity index (χ3n) is 3.47. The number of halogens is 2. The fourth-order valence-electron chi connectivity index (χ4n) is 2.25. The maximum atomic E-state index is 13.1. The van der Waals surface area contributed by atoms with Gasteiger partial charge in [-0.2, -0.15) is 0 Å². The van der Waals surface area contributed by atoms with Crippen LogP contribution in [-0.4, -0.2) is 27.4 Å². The molecule has 1 amide bonds. The van der Waals surface area contributed by atoms with Gasteiger partial charge in [0.25, 0.3) is 0 Å². The Labute approximate surface area is 151 Å². The minimum Gasteiger partial charge on any atom is -0.355 e. The lowest BCUT2D eigenvalue weighted by Crippen LogP contribution is -2.37. The molecule has 2 N–H and O–H groups in total. The quantitative estimate of drug-likeness (QED) is 0.769. The molecule has 0 aromatic heterocycles. The number of hydrogen-bond donors (Lipinski definition) is 2. The van der Waals surface area contributed by atoms with E-state index in [9.17, 15) is 17.6 Å². The highest BCUT2D eigenvalue weighted by Gasteiger charge is 2.18. The maximum absolute atomic E-state index is 13.1. The van der Waals surface area contributed by atoms with Crippen molar-refractivity contribution in [2.75, 3.05) is 13.1 Å². The van der Waals surface area contributed by atoms with Gasteiger partial charge in [-0.3, -0.25) is 4.79 Å². The van der Waals surface area contributed by atoms with Crippen LogP contribution in [0.1, 0.15) is 11.1 Å². The molecule has 134 valence electrons. The van der Waals surface area contributed by atoms with Crippen molar-refractivity contribution in [1.82, 2.24) is 10.0 Å². The molecule has 0 saturated heterocycles. The summed E-state index contributed by atoms with van der Waals surface area (Å²) < 4.78 is 39.6. The van der Waals surface area contributed by atoms with Crippen molar-refractivity contribution < 1.29 is 17.6 Å². The van der Waals surface area contributed by atoms with E-state index >= 15 is 0 Å². The van der Waals surface area contributed by atoms with Crippen LogP contribution in [0.4, 0.5) is 4.39 Å². The van der Waals surface area contributed by atoms with E-state index in [1.807, 2.05) is 12.1 Å². The summed E-state index contributed by atoms with van der Waals surface area (Å²) in [4.78, 5) is 11.7. The van der Waals surface area contributed by atoms with Crippen LogP contribution in [-0.2, 0) is 21.2 Å². The van der Waals surface area contributed by atoms with Gasteiger partial charge in [0.15, 0.2) is 0 Å². The van der Waals surface area contributed by atoms with Crippen molar-refractivity contribution in [3.63, 3.8) is 0 Å². The molecule has 25 heavy (non-hydrogen) atoms. The number of sulfonamides is 1. The first kappa shape index (κ1) is 19.4. The maximum Gasteiger partial charge on any atom is 0.241 e. The van der Waals surface area contributed by atoms with Crippen molar-refractivity contribution in [1.29, 1.82) is 0 Å². The lowest BCUT2D eigenvalue weighted by Gasteiger charge is -2.10. The number of rotatable bonds is 7. The van der Waals surface area contributed by atoms with E-state index in [0.717, 1.165) is 17.7 Å². The Hall–Kier alpha value is -1.96. The summed E-state index contributed by atoms with van der Waals surface area (Å²) in [6.45, 7) is 1.45. The first-order chi connectivity index (χ1) is 11.8. The third-order valence-corrected chi connectivity index (χ3v) is 5.27. The molecule has 5 nitrogen and oxygen atoms in total. The zero-order chi connectivity index (χ0) is 18.4. The highest BCUT2D eigenvalue weighted by molar-refractivity contribution is 7.89. The van der Waals surface area contributed by atoms with Crippen molar-refractivity contribution in [3.05, 3.63) is 64.4 Å². The number of benzene rings is 2. The largest absolute Gasteiger partial charge is 0.355 e. The number of nitrogens with one attached hydrogen (secondary N) is 2. The van der Waals surface area contributed by atoms with Gasteiger partial charge in [0.2, 0.25) is 15.9 Å². The van der Waals surface area contributed by atoms with Crippen LogP contribution in [0.15, 0.2) is 47.4 Å². The predicted octanol–water partition coefficient (Wildman–Crippen LogP) is 2.42. The van der Waals surface area contributed by atoms with E-state index < -0.39 is 28.3 Å². The average Bonchev–Trinajstić information content (AvgIpc) is 2.53. The van der Waals surface area contributed by atoms with Crippen LogP contribution >= 0.6 is 11.6 Å². The average molecular weight is 385 g/mol. The number of amides is 1. The van der Waals surface area contributed by atoms with Gasteiger partial charge in [-0.1, -0.05) is 23.7 Å². The second-order valence-electron chi connectivity index (χ2n) is 5.46. The smallest absolute Gasteiger partial charge is 0.241 e. The molecule has 2 rings (SSSR count). The molecule has 0 fully saturated rings. The molecule has 0 saturated carbocycles. The molecule has 0 unspecified atom stereocenters. The van der Waals surface area contributed by atoms with Crippen LogP contribution in [0.5, 0.6) is 0 Å². The van der Waals surface area contributed by atoms with Crippen molar-refractivity contribution in [2.45, 2.75) is 18.2 Å². The van der Waals surface area contributed by atoms with Crippen LogP contribution in [0.2, 0.25) is 5.02 Å². The Kier molecular flexibility index (Phi) is 6.52. The monoisotopic (exact) mass is 384 g/mol. The molecule has 0 atom stereocenters. The normalized spacial score (nSPS) is 11.3. The first-order valence-electron chi connectivity index (χ1n) is 7.55. The molecule has 0 radical (unpaired) electrons. The van der Waals surface area contributed by atoms with Gasteiger partial charge < -0.3 is 5.32 Å². The SMILES string of the molecule is Cc1cc(F)ccc1S(=O)(=O)NCC(=O)NCCc1cccc(Cl)c1. The summed E-state index contributed by atoms with van der Waals surface area (Å²) in [6, 6.07) is 10.6. The Bertz CT molecular complexity index is 872. The molecular weight excluding hydrogens is 367 g/mol. The minimum absolute atomic E-state index is 0.0550. The van der Waals surface area contributed by atoms with E-state index in [1.165, 1.54) is 13.0 Å². The van der Waals surface area contributed by atoms with Gasteiger partial charge in [0.1, 0.15) is 5.82 Å². The molecule has 0 bridgehead atoms. The Morgan fingerprint density at radius 3 is 2.64 bits per heavy atom. The van der Waals surface area contributed by atoms with Crippen LogP contribution in [0.25, 0.3) is 0 Å². The van der Waals surface area contributed by atoms with Gasteiger partial charge in [0.05, 0.1) is 11.4 Å². The fourth-order valence-corrected chi connectivity index (χ4v) is 3.67. The summed E-state index contributed by atoms with van der Waals surface area (Å²) in [5, 5.41) is 3.25. The predicted molar refractivity (Wildman–Crippen MR) is 94.5 cm³/mol. The van der Waals surface area contributed by atoms with Crippen molar-refractivity contribution >= 4 is 27.5 Å². The zero-order valence-electron chi connectivity index (χ0n) is 13.6. The summed E-state index contributed by atoms with van der Waals surface area (Å²) in [6.07, 6.45) is 0.579. The Balaban J connectivity index is 1.84. The highest BCUT2D eigenvalue weighted by Crippen LogP contribution is 2.15. The summed E-state index contributed by atoms with van der Waals surface area (Å²) in [5.74, 6) is -0.972. The summed E-state index contributed by atoms with van der Waals surface area (Å²) >= 11 is 5.88. The summed E-state index contributed by atoms with van der Waals surface area (Å²) in [5.41, 5.74) is 1.24. The molecule has 0 heterocycles. The number of carbonyl (C=O) groups is 1.